The van der Waals surface area contributed by atoms with Gasteiger partial charge in [0.2, 0.25) is 5.91 Å². The number of nitrogens with zero attached hydrogens (tertiary/aromatic N) is 2. The van der Waals surface area contributed by atoms with E-state index in [4.69, 9.17) is 0 Å². The fourth-order valence-corrected chi connectivity index (χ4v) is 5.93. The molecule has 4 heterocycles. The highest BCUT2D eigenvalue weighted by Crippen LogP contribution is 2.39. The minimum absolute atomic E-state index is 0.0985. The van der Waals surface area contributed by atoms with Crippen LogP contribution >= 0.6 is 0 Å². The Bertz CT molecular complexity index is 1010. The van der Waals surface area contributed by atoms with E-state index >= 15 is 0 Å². The van der Waals surface area contributed by atoms with Crippen molar-refractivity contribution in [3.05, 3.63) is 70.5 Å². The van der Waals surface area contributed by atoms with Gasteiger partial charge in [0.25, 0.3) is 0 Å². The van der Waals surface area contributed by atoms with E-state index in [-0.39, 0.29) is 23.5 Å². The number of carbonyl (C=O) groups is 2. The molecule has 0 aliphatic carbocycles. The quantitative estimate of drug-likeness (QED) is 0.645. The Morgan fingerprint density at radius 3 is 2.44 bits per heavy atom. The van der Waals surface area contributed by atoms with Gasteiger partial charge >= 0.3 is 0 Å². The Kier molecular flexibility index (Phi) is 5.85. The van der Waals surface area contributed by atoms with E-state index in [9.17, 15) is 14.0 Å². The number of benzene rings is 2. The van der Waals surface area contributed by atoms with Gasteiger partial charge in [-0.1, -0.05) is 31.2 Å². The zero-order valence-corrected chi connectivity index (χ0v) is 18.7. The lowest BCUT2D eigenvalue weighted by Gasteiger charge is -2.46. The van der Waals surface area contributed by atoms with Gasteiger partial charge in [-0.15, -0.1) is 0 Å². The number of amides is 1. The topological polar surface area (TPSA) is 40.6 Å². The van der Waals surface area contributed by atoms with E-state index in [0.717, 1.165) is 24.1 Å². The number of carbonyl (C=O) groups excluding carboxylic acids is 2. The van der Waals surface area contributed by atoms with E-state index in [2.05, 4.69) is 4.90 Å². The van der Waals surface area contributed by atoms with Crippen LogP contribution in [-0.2, 0) is 11.2 Å². The van der Waals surface area contributed by atoms with Crippen LogP contribution in [0.25, 0.3) is 0 Å². The molecule has 3 fully saturated rings. The Labute approximate surface area is 189 Å². The van der Waals surface area contributed by atoms with Crippen molar-refractivity contribution in [2.75, 3.05) is 26.2 Å². The molecule has 2 bridgehead atoms. The van der Waals surface area contributed by atoms with Crippen LogP contribution in [-0.4, -0.2) is 47.7 Å². The third kappa shape index (κ3) is 3.99. The molecule has 4 nitrogen and oxygen atoms in total. The SMILES string of the molecule is CCC(=O)c1ccc2c(c1)[C@H](c1ccc(F)cc1)N(C(=O)C[C@@H]1CN3CCC1CC3)CC2. The van der Waals surface area contributed by atoms with Crippen LogP contribution in [0.4, 0.5) is 4.39 Å². The summed E-state index contributed by atoms with van der Waals surface area (Å²) in [6.45, 7) is 5.87. The van der Waals surface area contributed by atoms with E-state index in [1.807, 2.05) is 30.0 Å². The molecule has 1 amide bonds. The van der Waals surface area contributed by atoms with Crippen LogP contribution in [0.5, 0.6) is 0 Å². The smallest absolute Gasteiger partial charge is 0.223 e. The molecule has 0 saturated carbocycles. The highest BCUT2D eigenvalue weighted by Gasteiger charge is 2.38. The Hall–Kier alpha value is -2.53. The standard InChI is InChI=1S/C27H31FN2O2/c1-2-25(31)21-4-3-19-11-14-30(26(32)16-22-17-29-12-9-18(22)10-13-29)27(24(19)15-21)20-5-7-23(28)8-6-20/h3-8,15,18,22,27H,2,9-14,16-17H2,1H3/t22-,27+/m1/s1. The number of fused-ring (bicyclic) bond motifs is 4. The molecule has 4 aliphatic rings. The summed E-state index contributed by atoms with van der Waals surface area (Å²) in [5.74, 6) is 1.06. The summed E-state index contributed by atoms with van der Waals surface area (Å²) in [6, 6.07) is 12.1. The van der Waals surface area contributed by atoms with Crippen molar-refractivity contribution in [2.24, 2.45) is 11.8 Å². The molecule has 0 unspecified atom stereocenters. The number of piperidine rings is 3. The molecule has 3 saturated heterocycles. The van der Waals surface area contributed by atoms with Gasteiger partial charge in [-0.2, -0.15) is 0 Å². The highest BCUT2D eigenvalue weighted by atomic mass is 19.1. The summed E-state index contributed by atoms with van der Waals surface area (Å²) in [7, 11) is 0. The van der Waals surface area contributed by atoms with Gasteiger partial charge in [0.05, 0.1) is 6.04 Å². The van der Waals surface area contributed by atoms with Gasteiger partial charge < -0.3 is 9.80 Å². The third-order valence-electron chi connectivity index (χ3n) is 7.75. The van der Waals surface area contributed by atoms with E-state index in [1.165, 1.54) is 43.6 Å². The summed E-state index contributed by atoms with van der Waals surface area (Å²) in [6.07, 6.45) is 4.19. The van der Waals surface area contributed by atoms with E-state index < -0.39 is 0 Å². The lowest BCUT2D eigenvalue weighted by atomic mass is 9.77. The van der Waals surface area contributed by atoms with E-state index in [0.29, 0.717) is 36.8 Å². The van der Waals surface area contributed by atoms with Crippen molar-refractivity contribution >= 4 is 11.7 Å². The zero-order chi connectivity index (χ0) is 22.2. The summed E-state index contributed by atoms with van der Waals surface area (Å²) in [5.41, 5.74) is 3.75. The van der Waals surface area contributed by atoms with Gasteiger partial charge in [-0.3, -0.25) is 9.59 Å². The summed E-state index contributed by atoms with van der Waals surface area (Å²) in [4.78, 5) is 30.5. The summed E-state index contributed by atoms with van der Waals surface area (Å²) >= 11 is 0. The Morgan fingerprint density at radius 2 is 1.78 bits per heavy atom. The molecule has 0 spiro atoms. The summed E-state index contributed by atoms with van der Waals surface area (Å²) in [5, 5.41) is 0. The van der Waals surface area contributed by atoms with Crippen LogP contribution in [0.1, 0.15) is 65.7 Å². The minimum Gasteiger partial charge on any atom is -0.331 e. The van der Waals surface area contributed by atoms with Gasteiger partial charge in [-0.05, 0) is 79.1 Å². The number of ketones is 1. The number of rotatable bonds is 5. The fraction of sp³-hybridized carbons (Fsp3) is 0.481. The van der Waals surface area contributed by atoms with Crippen molar-refractivity contribution in [3.8, 4) is 0 Å². The first kappa shape index (κ1) is 21.3. The Balaban J connectivity index is 1.48. The lowest BCUT2D eigenvalue weighted by Crippen LogP contribution is -2.49. The van der Waals surface area contributed by atoms with Crippen molar-refractivity contribution in [3.63, 3.8) is 0 Å². The lowest BCUT2D eigenvalue weighted by molar-refractivity contribution is -0.136. The maximum absolute atomic E-state index is 13.7. The second-order valence-electron chi connectivity index (χ2n) is 9.58. The first-order chi connectivity index (χ1) is 15.5. The second-order valence-corrected chi connectivity index (χ2v) is 9.58. The van der Waals surface area contributed by atoms with Crippen molar-refractivity contribution < 1.29 is 14.0 Å². The van der Waals surface area contributed by atoms with Crippen LogP contribution in [0, 0.1) is 17.7 Å². The third-order valence-corrected chi connectivity index (χ3v) is 7.75. The molecule has 32 heavy (non-hydrogen) atoms. The largest absolute Gasteiger partial charge is 0.331 e. The highest BCUT2D eigenvalue weighted by molar-refractivity contribution is 5.96. The van der Waals surface area contributed by atoms with Crippen LogP contribution in [0.2, 0.25) is 0 Å². The van der Waals surface area contributed by atoms with Crippen molar-refractivity contribution in [1.82, 2.24) is 9.80 Å². The Morgan fingerprint density at radius 1 is 1.03 bits per heavy atom. The number of halogens is 1. The molecular formula is C27H31FN2O2. The number of hydrogen-bond donors (Lipinski definition) is 0. The molecular weight excluding hydrogens is 403 g/mol. The minimum atomic E-state index is -0.287. The molecule has 0 radical (unpaired) electrons. The molecule has 4 aliphatic heterocycles. The summed E-state index contributed by atoms with van der Waals surface area (Å²) < 4.78 is 13.7. The monoisotopic (exact) mass is 434 g/mol. The molecule has 0 N–H and O–H groups in total. The average molecular weight is 435 g/mol. The van der Waals surface area contributed by atoms with E-state index in [1.54, 1.807) is 12.1 Å². The predicted molar refractivity (Wildman–Crippen MR) is 122 cm³/mol. The van der Waals surface area contributed by atoms with Crippen LogP contribution < -0.4 is 0 Å². The van der Waals surface area contributed by atoms with Gasteiger partial charge in [0, 0.05) is 31.5 Å². The fourth-order valence-electron chi connectivity index (χ4n) is 5.93. The first-order valence-electron chi connectivity index (χ1n) is 12.0. The molecule has 2 aromatic carbocycles. The average Bonchev–Trinajstić information content (AvgIpc) is 2.83. The number of Topliss-reactive ketones (excluding diaryl/α,β-unsaturated/α-hetero) is 1. The molecule has 2 atom stereocenters. The molecule has 6 rings (SSSR count). The molecule has 168 valence electrons. The van der Waals surface area contributed by atoms with Gasteiger partial charge in [0.15, 0.2) is 5.78 Å². The van der Waals surface area contributed by atoms with Gasteiger partial charge in [-0.25, -0.2) is 4.39 Å². The van der Waals surface area contributed by atoms with Crippen molar-refractivity contribution in [1.29, 1.82) is 0 Å². The van der Waals surface area contributed by atoms with Crippen LogP contribution in [0.3, 0.4) is 0 Å². The van der Waals surface area contributed by atoms with Gasteiger partial charge in [0.1, 0.15) is 5.82 Å². The second kappa shape index (κ2) is 8.78. The predicted octanol–water partition coefficient (Wildman–Crippen LogP) is 4.62. The maximum Gasteiger partial charge on any atom is 0.223 e. The first-order valence-corrected chi connectivity index (χ1v) is 12.0. The molecule has 0 aromatic heterocycles. The van der Waals surface area contributed by atoms with Crippen LogP contribution in [0.15, 0.2) is 42.5 Å². The maximum atomic E-state index is 13.7. The normalized spacial score (nSPS) is 26.6. The van der Waals surface area contributed by atoms with Crippen molar-refractivity contribution in [2.45, 2.75) is 45.1 Å². The molecule has 2 aromatic rings. The zero-order valence-electron chi connectivity index (χ0n) is 18.7. The molecule has 5 heteroatoms. The number of hydrogen-bond acceptors (Lipinski definition) is 3.